The van der Waals surface area contributed by atoms with Crippen molar-refractivity contribution in [3.8, 4) is 5.75 Å². The lowest BCUT2D eigenvalue weighted by Gasteiger charge is -2.19. The molecular weight excluding hydrogens is 392 g/mol. The number of rotatable bonds is 9. The number of carbonyl (C=O) groups excluding carboxylic acids is 2. The smallest absolute Gasteiger partial charge is 0.251 e. The number of hydrogen-bond acceptors (Lipinski definition) is 4. The second kappa shape index (κ2) is 10.4. The van der Waals surface area contributed by atoms with Crippen LogP contribution >= 0.6 is 0 Å². The summed E-state index contributed by atoms with van der Waals surface area (Å²) in [5, 5.41) is 5.73. The Labute approximate surface area is 182 Å². The maximum atomic E-state index is 13.0. The minimum Gasteiger partial charge on any atom is -0.486 e. The maximum Gasteiger partial charge on any atom is 0.251 e. The molecule has 0 aliphatic rings. The number of ether oxygens (including phenoxy) is 1. The average Bonchev–Trinajstić information content (AvgIpc) is 3.16. The number of imidazole rings is 1. The van der Waals surface area contributed by atoms with Crippen LogP contribution in [-0.2, 0) is 23.2 Å². The quantitative estimate of drug-likeness (QED) is 0.551. The minimum atomic E-state index is -0.771. The van der Waals surface area contributed by atoms with Gasteiger partial charge >= 0.3 is 0 Å². The Morgan fingerprint density at radius 3 is 2.39 bits per heavy atom. The topological polar surface area (TPSA) is 85.2 Å². The van der Waals surface area contributed by atoms with Gasteiger partial charge in [0.1, 0.15) is 24.2 Å². The number of amides is 2. The van der Waals surface area contributed by atoms with Gasteiger partial charge in [0.15, 0.2) is 0 Å². The fourth-order valence-electron chi connectivity index (χ4n) is 3.07. The van der Waals surface area contributed by atoms with Crippen molar-refractivity contribution in [3.05, 3.63) is 78.4 Å². The van der Waals surface area contributed by atoms with Crippen LogP contribution in [0.1, 0.15) is 37.7 Å². The fraction of sp³-hybridized carbons (Fsp3) is 0.292. The van der Waals surface area contributed by atoms with Crippen LogP contribution in [0.3, 0.4) is 0 Å². The van der Waals surface area contributed by atoms with E-state index < -0.39 is 6.04 Å². The Hall–Kier alpha value is -3.61. The molecular formula is C24H28N4O3. The summed E-state index contributed by atoms with van der Waals surface area (Å²) >= 11 is 0. The number of aromatic nitrogens is 2. The van der Waals surface area contributed by atoms with Crippen molar-refractivity contribution in [2.24, 2.45) is 13.0 Å². The van der Waals surface area contributed by atoms with E-state index in [2.05, 4.69) is 15.6 Å². The Kier molecular flexibility index (Phi) is 7.43. The SMILES string of the molecule is CC(C)CC(=O)NC(C(=O)Nc1ccc(OCc2nccn2C)cc1)c1ccccc1. The van der Waals surface area contributed by atoms with Crippen LogP contribution in [0.5, 0.6) is 5.75 Å². The zero-order chi connectivity index (χ0) is 22.2. The lowest BCUT2D eigenvalue weighted by atomic mass is 10.0. The summed E-state index contributed by atoms with van der Waals surface area (Å²) < 4.78 is 7.64. The molecule has 1 aromatic heterocycles. The molecule has 7 nitrogen and oxygen atoms in total. The van der Waals surface area contributed by atoms with Gasteiger partial charge < -0.3 is 19.9 Å². The van der Waals surface area contributed by atoms with Gasteiger partial charge in [0.05, 0.1) is 0 Å². The first-order valence-electron chi connectivity index (χ1n) is 10.3. The highest BCUT2D eigenvalue weighted by molar-refractivity contribution is 5.97. The summed E-state index contributed by atoms with van der Waals surface area (Å²) in [6, 6.07) is 15.6. The first-order chi connectivity index (χ1) is 14.9. The summed E-state index contributed by atoms with van der Waals surface area (Å²) in [5.74, 6) is 1.24. The molecule has 0 radical (unpaired) electrons. The van der Waals surface area contributed by atoms with Crippen molar-refractivity contribution in [2.75, 3.05) is 5.32 Å². The molecule has 3 aromatic rings. The lowest BCUT2D eigenvalue weighted by molar-refractivity contribution is -0.127. The average molecular weight is 421 g/mol. The van der Waals surface area contributed by atoms with Crippen molar-refractivity contribution < 1.29 is 14.3 Å². The highest BCUT2D eigenvalue weighted by atomic mass is 16.5. The van der Waals surface area contributed by atoms with E-state index in [1.165, 1.54) is 0 Å². The molecule has 7 heteroatoms. The molecule has 0 saturated heterocycles. The molecule has 162 valence electrons. The molecule has 0 aliphatic carbocycles. The van der Waals surface area contributed by atoms with Crippen molar-refractivity contribution >= 4 is 17.5 Å². The molecule has 2 aromatic carbocycles. The minimum absolute atomic E-state index is 0.156. The van der Waals surface area contributed by atoms with Gasteiger partial charge in [-0.2, -0.15) is 0 Å². The number of carbonyl (C=O) groups is 2. The standard InChI is InChI=1S/C24H28N4O3/c1-17(2)15-22(29)27-23(18-7-5-4-6-8-18)24(30)26-19-9-11-20(12-10-19)31-16-21-25-13-14-28(21)3/h4-14,17,23H,15-16H2,1-3H3,(H,26,30)(H,27,29). The predicted molar refractivity (Wildman–Crippen MR) is 119 cm³/mol. The van der Waals surface area contributed by atoms with Gasteiger partial charge in [-0.05, 0) is 35.7 Å². The highest BCUT2D eigenvalue weighted by Crippen LogP contribution is 2.20. The molecule has 0 fully saturated rings. The van der Waals surface area contributed by atoms with Gasteiger partial charge in [-0.3, -0.25) is 9.59 Å². The van der Waals surface area contributed by atoms with E-state index in [0.717, 1.165) is 11.4 Å². The molecule has 0 spiro atoms. The van der Waals surface area contributed by atoms with E-state index in [0.29, 0.717) is 24.5 Å². The molecule has 0 bridgehead atoms. The summed E-state index contributed by atoms with van der Waals surface area (Å²) in [4.78, 5) is 29.5. The third-order valence-corrected chi connectivity index (χ3v) is 4.70. The zero-order valence-corrected chi connectivity index (χ0v) is 18.0. The van der Waals surface area contributed by atoms with Gasteiger partial charge in [-0.25, -0.2) is 4.98 Å². The van der Waals surface area contributed by atoms with E-state index in [4.69, 9.17) is 4.74 Å². The fourth-order valence-corrected chi connectivity index (χ4v) is 3.07. The number of hydrogen-bond donors (Lipinski definition) is 2. The molecule has 2 N–H and O–H groups in total. The molecule has 1 unspecified atom stereocenters. The lowest BCUT2D eigenvalue weighted by Crippen LogP contribution is -2.37. The van der Waals surface area contributed by atoms with Crippen molar-refractivity contribution in [3.63, 3.8) is 0 Å². The van der Waals surface area contributed by atoms with Gasteiger partial charge in [0, 0.05) is 31.5 Å². The van der Waals surface area contributed by atoms with Crippen LogP contribution in [0.4, 0.5) is 5.69 Å². The largest absolute Gasteiger partial charge is 0.486 e. The molecule has 2 amide bonds. The molecule has 0 aliphatic heterocycles. The number of nitrogens with one attached hydrogen (secondary N) is 2. The molecule has 1 atom stereocenters. The van der Waals surface area contributed by atoms with Gasteiger partial charge in [-0.1, -0.05) is 44.2 Å². The molecule has 1 heterocycles. The number of benzene rings is 2. The van der Waals surface area contributed by atoms with Crippen molar-refractivity contribution in [1.29, 1.82) is 0 Å². The van der Waals surface area contributed by atoms with Crippen LogP contribution in [0.15, 0.2) is 67.0 Å². The van der Waals surface area contributed by atoms with Crippen LogP contribution in [0.25, 0.3) is 0 Å². The summed E-state index contributed by atoms with van der Waals surface area (Å²) in [6.07, 6.45) is 3.94. The van der Waals surface area contributed by atoms with Crippen LogP contribution < -0.4 is 15.4 Å². The van der Waals surface area contributed by atoms with E-state index >= 15 is 0 Å². The maximum absolute atomic E-state index is 13.0. The van der Waals surface area contributed by atoms with Gasteiger partial charge in [-0.15, -0.1) is 0 Å². The predicted octanol–water partition coefficient (Wildman–Crippen LogP) is 3.84. The second-order valence-electron chi connectivity index (χ2n) is 7.77. The molecule has 31 heavy (non-hydrogen) atoms. The van der Waals surface area contributed by atoms with Crippen molar-refractivity contribution in [2.45, 2.75) is 32.9 Å². The monoisotopic (exact) mass is 420 g/mol. The third kappa shape index (κ3) is 6.44. The van der Waals surface area contributed by atoms with Crippen LogP contribution in [0, 0.1) is 5.92 Å². The van der Waals surface area contributed by atoms with Gasteiger partial charge in [0.25, 0.3) is 5.91 Å². The van der Waals surface area contributed by atoms with E-state index in [1.807, 2.05) is 62.0 Å². The van der Waals surface area contributed by atoms with Gasteiger partial charge in [0.2, 0.25) is 5.91 Å². The van der Waals surface area contributed by atoms with E-state index in [9.17, 15) is 9.59 Å². The summed E-state index contributed by atoms with van der Waals surface area (Å²) in [5.41, 5.74) is 1.35. The summed E-state index contributed by atoms with van der Waals surface area (Å²) in [7, 11) is 1.91. The molecule has 0 saturated carbocycles. The first kappa shape index (κ1) is 22.1. The Balaban J connectivity index is 1.65. The van der Waals surface area contributed by atoms with Crippen LogP contribution in [-0.4, -0.2) is 21.4 Å². The Bertz CT molecular complexity index is 997. The Morgan fingerprint density at radius 2 is 1.77 bits per heavy atom. The summed E-state index contributed by atoms with van der Waals surface area (Å²) in [6.45, 7) is 4.29. The van der Waals surface area contributed by atoms with Crippen LogP contribution in [0.2, 0.25) is 0 Å². The Morgan fingerprint density at radius 1 is 1.06 bits per heavy atom. The number of anilines is 1. The number of nitrogens with zero attached hydrogens (tertiary/aromatic N) is 2. The van der Waals surface area contributed by atoms with E-state index in [1.54, 1.807) is 30.5 Å². The first-order valence-corrected chi connectivity index (χ1v) is 10.3. The number of aryl methyl sites for hydroxylation is 1. The third-order valence-electron chi connectivity index (χ3n) is 4.70. The normalized spacial score (nSPS) is 11.7. The zero-order valence-electron chi connectivity index (χ0n) is 18.0. The second-order valence-corrected chi connectivity index (χ2v) is 7.77. The molecule has 3 rings (SSSR count). The van der Waals surface area contributed by atoms with E-state index in [-0.39, 0.29) is 17.7 Å². The highest BCUT2D eigenvalue weighted by Gasteiger charge is 2.23. The van der Waals surface area contributed by atoms with Crippen molar-refractivity contribution in [1.82, 2.24) is 14.9 Å².